The van der Waals surface area contributed by atoms with E-state index in [1.54, 1.807) is 7.05 Å². The highest BCUT2D eigenvalue weighted by molar-refractivity contribution is 7.91. The summed E-state index contributed by atoms with van der Waals surface area (Å²) in [6.45, 7) is 1.35. The average Bonchev–Trinajstić information content (AvgIpc) is 3.01. The summed E-state index contributed by atoms with van der Waals surface area (Å²) in [6.07, 6.45) is 0.425. The Hall–Kier alpha value is -1.49. The maximum Gasteiger partial charge on any atom is 0.253 e. The van der Waals surface area contributed by atoms with Gasteiger partial charge in [-0.2, -0.15) is 4.31 Å². The van der Waals surface area contributed by atoms with Crippen LogP contribution in [0.3, 0.4) is 0 Å². The van der Waals surface area contributed by atoms with Crippen molar-refractivity contribution in [2.24, 2.45) is 0 Å². The van der Waals surface area contributed by atoms with Crippen molar-refractivity contribution in [3.8, 4) is 0 Å². The van der Waals surface area contributed by atoms with Crippen LogP contribution >= 0.6 is 0 Å². The van der Waals surface area contributed by atoms with Crippen molar-refractivity contribution in [1.82, 2.24) is 9.21 Å². The van der Waals surface area contributed by atoms with E-state index in [1.807, 2.05) is 0 Å². The number of morpholine rings is 1. The lowest BCUT2D eigenvalue weighted by atomic mass is 10.1. The van der Waals surface area contributed by atoms with Crippen LogP contribution in [0.25, 0.3) is 0 Å². The van der Waals surface area contributed by atoms with Gasteiger partial charge in [-0.25, -0.2) is 16.8 Å². The summed E-state index contributed by atoms with van der Waals surface area (Å²) in [6, 6.07) is 5.42. The summed E-state index contributed by atoms with van der Waals surface area (Å²) in [5, 5.41) is 0. The van der Waals surface area contributed by atoms with Crippen LogP contribution < -0.4 is 0 Å². The molecule has 10 heteroatoms. The van der Waals surface area contributed by atoms with Crippen LogP contribution in [-0.4, -0.2) is 82.8 Å². The molecule has 0 spiro atoms. The minimum absolute atomic E-state index is 0.0290. The molecule has 1 aromatic rings. The van der Waals surface area contributed by atoms with Crippen LogP contribution in [0.15, 0.2) is 29.2 Å². The monoisotopic (exact) mass is 402 g/mol. The Kier molecular flexibility index (Phi) is 5.38. The first-order chi connectivity index (χ1) is 12.2. The first kappa shape index (κ1) is 19.3. The average molecular weight is 402 g/mol. The Morgan fingerprint density at radius 3 is 2.35 bits per heavy atom. The molecule has 2 heterocycles. The molecule has 0 aromatic heterocycles. The minimum Gasteiger partial charge on any atom is -0.379 e. The third kappa shape index (κ3) is 3.93. The third-order valence-electron chi connectivity index (χ3n) is 4.79. The molecule has 144 valence electrons. The van der Waals surface area contributed by atoms with E-state index in [0.717, 1.165) is 0 Å². The number of benzene rings is 1. The molecule has 1 aromatic carbocycles. The van der Waals surface area contributed by atoms with Gasteiger partial charge in [0.05, 0.1) is 29.6 Å². The number of carbonyl (C=O) groups excluding carboxylic acids is 1. The lowest BCUT2D eigenvalue weighted by Gasteiger charge is -2.26. The number of sulfone groups is 1. The van der Waals surface area contributed by atoms with Crippen LogP contribution in [0.1, 0.15) is 16.8 Å². The van der Waals surface area contributed by atoms with Gasteiger partial charge >= 0.3 is 0 Å². The molecule has 0 unspecified atom stereocenters. The molecular formula is C16H22N2O6S2. The maximum absolute atomic E-state index is 12.6. The summed E-state index contributed by atoms with van der Waals surface area (Å²) >= 11 is 0. The van der Waals surface area contributed by atoms with E-state index in [-0.39, 0.29) is 28.4 Å². The standard InChI is InChI=1S/C16H22N2O6S2/c1-17(14-6-11-25(20,21)12-14)16(19)13-2-4-15(5-3-13)26(22,23)18-7-9-24-10-8-18/h2-5,14H,6-12H2,1H3/t14-/m1/s1. The SMILES string of the molecule is CN(C(=O)c1ccc(S(=O)(=O)N2CCOCC2)cc1)[C@@H]1CCS(=O)(=O)C1. The van der Waals surface area contributed by atoms with Gasteiger partial charge in [0.2, 0.25) is 10.0 Å². The summed E-state index contributed by atoms with van der Waals surface area (Å²) in [5.41, 5.74) is 0.331. The van der Waals surface area contributed by atoms with E-state index in [0.29, 0.717) is 38.3 Å². The first-order valence-corrected chi connectivity index (χ1v) is 11.6. The number of sulfonamides is 1. The van der Waals surface area contributed by atoms with Crippen LogP contribution in [-0.2, 0) is 24.6 Å². The maximum atomic E-state index is 12.6. The molecule has 0 aliphatic carbocycles. The predicted octanol–water partition coefficient (Wildman–Crippen LogP) is -0.0334. The van der Waals surface area contributed by atoms with Gasteiger partial charge in [-0.3, -0.25) is 4.79 Å². The van der Waals surface area contributed by atoms with Gasteiger partial charge in [-0.1, -0.05) is 0 Å². The van der Waals surface area contributed by atoms with Crippen molar-refractivity contribution in [2.45, 2.75) is 17.4 Å². The van der Waals surface area contributed by atoms with Crippen molar-refractivity contribution >= 4 is 25.8 Å². The van der Waals surface area contributed by atoms with Gasteiger partial charge in [0, 0.05) is 31.7 Å². The van der Waals surface area contributed by atoms with E-state index in [2.05, 4.69) is 0 Å². The zero-order valence-electron chi connectivity index (χ0n) is 14.5. The molecule has 8 nitrogen and oxygen atoms in total. The molecule has 0 saturated carbocycles. The number of hydrogen-bond donors (Lipinski definition) is 0. The summed E-state index contributed by atoms with van der Waals surface area (Å²) in [4.78, 5) is 14.1. The first-order valence-electron chi connectivity index (χ1n) is 8.36. The van der Waals surface area contributed by atoms with Crippen molar-refractivity contribution < 1.29 is 26.4 Å². The van der Waals surface area contributed by atoms with Crippen LogP contribution in [0.5, 0.6) is 0 Å². The number of nitrogens with zero attached hydrogens (tertiary/aromatic N) is 2. The topological polar surface area (TPSA) is 101 Å². The predicted molar refractivity (Wildman–Crippen MR) is 95.2 cm³/mol. The van der Waals surface area contributed by atoms with Crippen LogP contribution in [0.2, 0.25) is 0 Å². The molecule has 0 bridgehead atoms. The number of carbonyl (C=O) groups is 1. The highest BCUT2D eigenvalue weighted by Gasteiger charge is 2.33. The van der Waals surface area contributed by atoms with Gasteiger partial charge < -0.3 is 9.64 Å². The van der Waals surface area contributed by atoms with Gasteiger partial charge in [-0.05, 0) is 30.7 Å². The number of hydrogen-bond acceptors (Lipinski definition) is 6. The number of rotatable bonds is 4. The van der Waals surface area contributed by atoms with Crippen molar-refractivity contribution in [3.63, 3.8) is 0 Å². The Bertz CT molecular complexity index is 874. The minimum atomic E-state index is -3.61. The number of amides is 1. The number of ether oxygens (including phenoxy) is 1. The summed E-state index contributed by atoms with van der Waals surface area (Å²) in [7, 11) is -5.11. The van der Waals surface area contributed by atoms with Gasteiger partial charge in [0.1, 0.15) is 0 Å². The lowest BCUT2D eigenvalue weighted by Crippen LogP contribution is -2.40. The van der Waals surface area contributed by atoms with Crippen LogP contribution in [0, 0.1) is 0 Å². The largest absolute Gasteiger partial charge is 0.379 e. The fraction of sp³-hybridized carbons (Fsp3) is 0.562. The summed E-state index contributed by atoms with van der Waals surface area (Å²) < 4.78 is 54.9. The Balaban J connectivity index is 1.73. The Morgan fingerprint density at radius 2 is 1.81 bits per heavy atom. The van der Waals surface area contributed by atoms with Gasteiger partial charge in [0.15, 0.2) is 9.84 Å². The molecule has 3 rings (SSSR count). The molecule has 1 amide bonds. The molecule has 2 fully saturated rings. The molecule has 0 radical (unpaired) electrons. The summed E-state index contributed by atoms with van der Waals surface area (Å²) in [5.74, 6) is -0.257. The quantitative estimate of drug-likeness (QED) is 0.701. The van der Waals surface area contributed by atoms with E-state index < -0.39 is 19.9 Å². The van der Waals surface area contributed by atoms with E-state index in [4.69, 9.17) is 4.74 Å². The lowest BCUT2D eigenvalue weighted by molar-refractivity contribution is 0.0730. The molecule has 2 aliphatic heterocycles. The van der Waals surface area contributed by atoms with Crippen molar-refractivity contribution in [1.29, 1.82) is 0 Å². The highest BCUT2D eigenvalue weighted by atomic mass is 32.2. The van der Waals surface area contributed by atoms with Crippen LogP contribution in [0.4, 0.5) is 0 Å². The molecule has 0 N–H and O–H groups in total. The molecule has 2 saturated heterocycles. The second kappa shape index (κ2) is 7.26. The third-order valence-corrected chi connectivity index (χ3v) is 8.45. The highest BCUT2D eigenvalue weighted by Crippen LogP contribution is 2.21. The zero-order valence-corrected chi connectivity index (χ0v) is 16.1. The zero-order chi connectivity index (χ0) is 18.9. The second-order valence-electron chi connectivity index (χ2n) is 6.51. The smallest absolute Gasteiger partial charge is 0.253 e. The molecule has 2 aliphatic rings. The molecule has 26 heavy (non-hydrogen) atoms. The fourth-order valence-corrected chi connectivity index (χ4v) is 6.34. The van der Waals surface area contributed by atoms with Crippen molar-refractivity contribution in [3.05, 3.63) is 29.8 Å². The Morgan fingerprint density at radius 1 is 1.19 bits per heavy atom. The van der Waals surface area contributed by atoms with Crippen molar-refractivity contribution in [2.75, 3.05) is 44.9 Å². The fourth-order valence-electron chi connectivity index (χ4n) is 3.16. The molecule has 1 atom stereocenters. The normalized spacial score (nSPS) is 23.7. The molecular weight excluding hydrogens is 380 g/mol. The van der Waals surface area contributed by atoms with E-state index >= 15 is 0 Å². The second-order valence-corrected chi connectivity index (χ2v) is 10.7. The Labute approximate surface area is 153 Å². The van der Waals surface area contributed by atoms with E-state index in [1.165, 1.54) is 33.5 Å². The van der Waals surface area contributed by atoms with Gasteiger partial charge in [-0.15, -0.1) is 0 Å². The van der Waals surface area contributed by atoms with Gasteiger partial charge in [0.25, 0.3) is 5.91 Å². The van der Waals surface area contributed by atoms with E-state index in [9.17, 15) is 21.6 Å².